The van der Waals surface area contributed by atoms with Gasteiger partial charge in [-0.1, -0.05) is 24.1 Å². The van der Waals surface area contributed by atoms with Crippen molar-refractivity contribution in [1.82, 2.24) is 15.1 Å². The monoisotopic (exact) mass is 377 g/mol. The summed E-state index contributed by atoms with van der Waals surface area (Å²) >= 11 is 0. The fraction of sp³-hybridized carbons (Fsp3) is 0.600. The van der Waals surface area contributed by atoms with E-state index in [0.717, 1.165) is 25.4 Å². The highest BCUT2D eigenvalue weighted by Gasteiger charge is 2.32. The topological polar surface area (TPSA) is 82.1 Å². The summed E-state index contributed by atoms with van der Waals surface area (Å²) in [5.74, 6) is 0.879. The van der Waals surface area contributed by atoms with E-state index in [1.54, 1.807) is 0 Å². The van der Waals surface area contributed by atoms with Crippen LogP contribution in [-0.2, 0) is 4.79 Å². The maximum absolute atomic E-state index is 12.2. The molecule has 0 radical (unpaired) electrons. The van der Waals surface area contributed by atoms with Crippen LogP contribution >= 0.6 is 0 Å². The second-order valence-electron chi connectivity index (χ2n) is 7.20. The molecule has 2 heterocycles. The fourth-order valence-corrected chi connectivity index (χ4v) is 3.32. The first-order valence-corrected chi connectivity index (χ1v) is 9.61. The van der Waals surface area contributed by atoms with Gasteiger partial charge in [0, 0.05) is 12.6 Å². The van der Waals surface area contributed by atoms with E-state index in [1.807, 2.05) is 29.2 Å². The van der Waals surface area contributed by atoms with Gasteiger partial charge in [0.15, 0.2) is 0 Å². The van der Waals surface area contributed by atoms with Crippen molar-refractivity contribution in [3.05, 3.63) is 29.8 Å². The number of nitrogens with zero attached hydrogens (tertiary/aromatic N) is 2. The molecule has 0 spiro atoms. The SMILES string of the molecule is Cc1ccc(OC2CN(C(=O)NCC(C)N3CCCCC3)C2)cc1.O=CO. The van der Waals surface area contributed by atoms with E-state index in [1.165, 1.54) is 24.8 Å². The van der Waals surface area contributed by atoms with Gasteiger partial charge in [-0.2, -0.15) is 0 Å². The zero-order chi connectivity index (χ0) is 19.6. The molecule has 1 atom stereocenters. The van der Waals surface area contributed by atoms with Gasteiger partial charge in [0.1, 0.15) is 11.9 Å². The van der Waals surface area contributed by atoms with E-state index >= 15 is 0 Å². The number of nitrogens with one attached hydrogen (secondary N) is 1. The molecule has 27 heavy (non-hydrogen) atoms. The Labute approximate surface area is 161 Å². The van der Waals surface area contributed by atoms with Crippen molar-refractivity contribution in [3.8, 4) is 5.75 Å². The van der Waals surface area contributed by atoms with Crippen molar-refractivity contribution < 1.29 is 19.4 Å². The molecular formula is C20H31N3O4. The van der Waals surface area contributed by atoms with Crippen LogP contribution in [0.3, 0.4) is 0 Å². The molecule has 2 fully saturated rings. The minimum Gasteiger partial charge on any atom is -0.487 e. The summed E-state index contributed by atoms with van der Waals surface area (Å²) in [6.07, 6.45) is 4.01. The Morgan fingerprint density at radius 3 is 2.44 bits per heavy atom. The van der Waals surface area contributed by atoms with Gasteiger partial charge in [-0.3, -0.25) is 9.69 Å². The number of carbonyl (C=O) groups excluding carboxylic acids is 1. The highest BCUT2D eigenvalue weighted by Crippen LogP contribution is 2.18. The quantitative estimate of drug-likeness (QED) is 0.770. The number of benzene rings is 1. The molecule has 7 heteroatoms. The van der Waals surface area contributed by atoms with Gasteiger partial charge in [-0.05, 0) is 51.9 Å². The Bertz CT molecular complexity index is 581. The maximum atomic E-state index is 12.2. The molecule has 7 nitrogen and oxygen atoms in total. The van der Waals surface area contributed by atoms with Crippen molar-refractivity contribution in [2.24, 2.45) is 0 Å². The predicted molar refractivity (Wildman–Crippen MR) is 104 cm³/mol. The number of hydrogen-bond donors (Lipinski definition) is 2. The maximum Gasteiger partial charge on any atom is 0.317 e. The number of urea groups is 1. The minimum atomic E-state index is -0.250. The number of carbonyl (C=O) groups is 2. The lowest BCUT2D eigenvalue weighted by Crippen LogP contribution is -2.59. The van der Waals surface area contributed by atoms with E-state index in [4.69, 9.17) is 14.6 Å². The third-order valence-corrected chi connectivity index (χ3v) is 5.02. The fourth-order valence-electron chi connectivity index (χ4n) is 3.32. The van der Waals surface area contributed by atoms with Crippen molar-refractivity contribution in [1.29, 1.82) is 0 Å². The molecule has 2 amide bonds. The van der Waals surface area contributed by atoms with Gasteiger partial charge in [-0.15, -0.1) is 0 Å². The average Bonchev–Trinajstić information content (AvgIpc) is 2.65. The molecule has 150 valence electrons. The summed E-state index contributed by atoms with van der Waals surface area (Å²) in [6.45, 7) is 8.38. The van der Waals surface area contributed by atoms with Crippen molar-refractivity contribution in [2.45, 2.75) is 45.3 Å². The first-order chi connectivity index (χ1) is 13.0. The summed E-state index contributed by atoms with van der Waals surface area (Å²) in [7, 11) is 0. The molecule has 0 aromatic heterocycles. The van der Waals surface area contributed by atoms with Crippen LogP contribution in [0.2, 0.25) is 0 Å². The molecule has 2 saturated heterocycles. The molecule has 2 aliphatic rings. The molecule has 0 aliphatic carbocycles. The van der Waals surface area contributed by atoms with Crippen molar-refractivity contribution in [2.75, 3.05) is 32.7 Å². The molecule has 1 aromatic rings. The van der Waals surface area contributed by atoms with Gasteiger partial charge in [0.2, 0.25) is 0 Å². The molecular weight excluding hydrogens is 346 g/mol. The standard InChI is InChI=1S/C19H29N3O2.CH2O2/c1-15-6-8-17(9-7-15)24-18-13-22(14-18)19(23)20-12-16(2)21-10-4-3-5-11-21;2-1-3/h6-9,16,18H,3-5,10-14H2,1-2H3,(H,20,23);1H,(H,2,3). The van der Waals surface area contributed by atoms with Gasteiger partial charge in [-0.25, -0.2) is 4.79 Å². The van der Waals surface area contributed by atoms with E-state index in [-0.39, 0.29) is 18.6 Å². The average molecular weight is 377 g/mol. The summed E-state index contributed by atoms with van der Waals surface area (Å²) in [6, 6.07) is 8.50. The number of carboxylic acid groups (broad SMARTS) is 1. The Morgan fingerprint density at radius 2 is 1.85 bits per heavy atom. The van der Waals surface area contributed by atoms with E-state index in [2.05, 4.69) is 24.1 Å². The Balaban J connectivity index is 0.000000817. The number of rotatable bonds is 5. The second kappa shape index (κ2) is 10.8. The summed E-state index contributed by atoms with van der Waals surface area (Å²) in [5.41, 5.74) is 1.22. The third-order valence-electron chi connectivity index (χ3n) is 5.02. The highest BCUT2D eigenvalue weighted by molar-refractivity contribution is 5.75. The Morgan fingerprint density at radius 1 is 1.26 bits per heavy atom. The Kier molecular flexibility index (Phi) is 8.39. The van der Waals surface area contributed by atoms with E-state index < -0.39 is 0 Å². The van der Waals surface area contributed by atoms with Crippen LogP contribution < -0.4 is 10.1 Å². The van der Waals surface area contributed by atoms with Crippen LogP contribution in [0, 0.1) is 6.92 Å². The number of amides is 2. The number of aryl methyl sites for hydroxylation is 1. The first-order valence-electron chi connectivity index (χ1n) is 9.61. The van der Waals surface area contributed by atoms with Crippen molar-refractivity contribution >= 4 is 12.5 Å². The first kappa shape index (κ1) is 21.0. The van der Waals surface area contributed by atoms with Crippen molar-refractivity contribution in [3.63, 3.8) is 0 Å². The Hall–Kier alpha value is -2.28. The van der Waals surface area contributed by atoms with Crippen LogP contribution in [0.1, 0.15) is 31.7 Å². The molecule has 0 saturated carbocycles. The lowest BCUT2D eigenvalue weighted by atomic mass is 10.1. The molecule has 3 rings (SSSR count). The molecule has 1 aromatic carbocycles. The second-order valence-corrected chi connectivity index (χ2v) is 7.20. The van der Waals surface area contributed by atoms with Gasteiger partial charge >= 0.3 is 6.03 Å². The van der Waals surface area contributed by atoms with Crippen LogP contribution in [0.25, 0.3) is 0 Å². The highest BCUT2D eigenvalue weighted by atomic mass is 16.5. The van der Waals surface area contributed by atoms with Crippen LogP contribution in [0.15, 0.2) is 24.3 Å². The normalized spacial score (nSPS) is 18.5. The molecule has 2 aliphatic heterocycles. The van der Waals surface area contributed by atoms with Crippen LogP contribution in [-0.4, -0.2) is 72.3 Å². The lowest BCUT2D eigenvalue weighted by molar-refractivity contribution is -0.122. The van der Waals surface area contributed by atoms with Crippen LogP contribution in [0.4, 0.5) is 4.79 Å². The van der Waals surface area contributed by atoms with Gasteiger partial charge in [0.05, 0.1) is 13.1 Å². The third kappa shape index (κ3) is 6.75. The molecule has 0 bridgehead atoms. The molecule has 1 unspecified atom stereocenters. The van der Waals surface area contributed by atoms with Gasteiger partial charge in [0.25, 0.3) is 6.47 Å². The zero-order valence-electron chi connectivity index (χ0n) is 16.3. The summed E-state index contributed by atoms with van der Waals surface area (Å²) in [5, 5.41) is 9.95. The summed E-state index contributed by atoms with van der Waals surface area (Å²) < 4.78 is 5.88. The number of piperidine rings is 1. The number of ether oxygens (including phenoxy) is 1. The number of likely N-dealkylation sites (tertiary alicyclic amines) is 2. The van der Waals surface area contributed by atoms with E-state index in [9.17, 15) is 4.79 Å². The largest absolute Gasteiger partial charge is 0.487 e. The van der Waals surface area contributed by atoms with E-state index in [0.29, 0.717) is 19.1 Å². The predicted octanol–water partition coefficient (Wildman–Crippen LogP) is 2.34. The zero-order valence-corrected chi connectivity index (χ0v) is 16.3. The minimum absolute atomic E-state index is 0.0302. The van der Waals surface area contributed by atoms with Crippen LogP contribution in [0.5, 0.6) is 5.75 Å². The van der Waals surface area contributed by atoms with Gasteiger partial charge < -0.3 is 20.1 Å². The lowest BCUT2D eigenvalue weighted by Gasteiger charge is -2.39. The number of hydrogen-bond acceptors (Lipinski definition) is 4. The molecule has 2 N–H and O–H groups in total. The smallest absolute Gasteiger partial charge is 0.317 e. The summed E-state index contributed by atoms with van der Waals surface area (Å²) in [4.78, 5) is 24.9.